The summed E-state index contributed by atoms with van der Waals surface area (Å²) in [5.74, 6) is -0.0266. The molecule has 4 rings (SSSR count). The molecule has 0 radical (unpaired) electrons. The topological polar surface area (TPSA) is 78.7 Å². The van der Waals surface area contributed by atoms with Gasteiger partial charge in [0.15, 0.2) is 0 Å². The summed E-state index contributed by atoms with van der Waals surface area (Å²) >= 11 is 0. The Morgan fingerprint density at radius 1 is 0.943 bits per heavy atom. The highest BCUT2D eigenvalue weighted by Gasteiger charge is 2.38. The molecule has 2 aromatic rings. The predicted molar refractivity (Wildman–Crippen MR) is 140 cm³/mol. The maximum atomic E-state index is 13.4. The van der Waals surface area contributed by atoms with Gasteiger partial charge in [0, 0.05) is 44.7 Å². The van der Waals surface area contributed by atoms with E-state index >= 15 is 0 Å². The van der Waals surface area contributed by atoms with Gasteiger partial charge in [0.2, 0.25) is 11.8 Å². The van der Waals surface area contributed by atoms with Crippen LogP contribution in [0.25, 0.3) is 0 Å². The zero-order valence-electron chi connectivity index (χ0n) is 20.9. The molecule has 1 saturated heterocycles. The first-order valence-electron chi connectivity index (χ1n) is 13.1. The third kappa shape index (κ3) is 7.15. The number of piperidine rings is 1. The van der Waals surface area contributed by atoms with Crippen LogP contribution >= 0.6 is 0 Å². The van der Waals surface area contributed by atoms with Crippen molar-refractivity contribution in [3.8, 4) is 0 Å². The van der Waals surface area contributed by atoms with E-state index in [9.17, 15) is 9.59 Å². The summed E-state index contributed by atoms with van der Waals surface area (Å²) < 4.78 is 0. The van der Waals surface area contributed by atoms with E-state index in [0.29, 0.717) is 13.0 Å². The lowest BCUT2D eigenvalue weighted by Crippen LogP contribution is -2.58. The molecule has 6 nitrogen and oxygen atoms in total. The minimum Gasteiger partial charge on any atom is -0.352 e. The number of hydrogen-bond acceptors (Lipinski definition) is 4. The van der Waals surface area contributed by atoms with Crippen LogP contribution in [0.15, 0.2) is 60.7 Å². The quantitative estimate of drug-likeness (QED) is 0.611. The van der Waals surface area contributed by atoms with E-state index in [2.05, 4.69) is 58.7 Å². The Hall–Kier alpha value is -2.70. The third-order valence-corrected chi connectivity index (χ3v) is 7.68. The Kier molecular flexibility index (Phi) is 8.94. The standard InChI is InChI=1S/C29H40N4O2/c1-22(34)33-19-17-27(20-28(33)29(35)31-26-14-12-25(30)13-15-26)32(21-24-10-6-3-7-11-24)18-16-23-8-4-2-5-9-23/h2-11,25-28H,12-21,30H2,1H3,(H,31,35)/t25?,26?,27?,28-/m1/s1. The minimum atomic E-state index is -0.420. The van der Waals surface area contributed by atoms with Crippen LogP contribution in [0.2, 0.25) is 0 Å². The Morgan fingerprint density at radius 2 is 1.57 bits per heavy atom. The zero-order chi connectivity index (χ0) is 24.6. The molecule has 2 aromatic carbocycles. The van der Waals surface area contributed by atoms with Crippen molar-refractivity contribution in [3.63, 3.8) is 0 Å². The molecule has 3 N–H and O–H groups in total. The zero-order valence-corrected chi connectivity index (χ0v) is 20.9. The molecule has 2 aliphatic rings. The first-order chi connectivity index (χ1) is 17.0. The first kappa shape index (κ1) is 25.4. The second-order valence-corrected chi connectivity index (χ2v) is 10.2. The Balaban J connectivity index is 1.47. The summed E-state index contributed by atoms with van der Waals surface area (Å²) in [6, 6.07) is 21.3. The molecule has 2 amide bonds. The average molecular weight is 477 g/mol. The number of carbonyl (C=O) groups excluding carboxylic acids is 2. The average Bonchev–Trinajstić information content (AvgIpc) is 2.88. The highest BCUT2D eigenvalue weighted by molar-refractivity contribution is 5.87. The van der Waals surface area contributed by atoms with Crippen molar-refractivity contribution < 1.29 is 9.59 Å². The van der Waals surface area contributed by atoms with Crippen LogP contribution < -0.4 is 11.1 Å². The molecular weight excluding hydrogens is 436 g/mol. The van der Waals surface area contributed by atoms with E-state index in [-0.39, 0.29) is 29.9 Å². The second-order valence-electron chi connectivity index (χ2n) is 10.2. The number of benzene rings is 2. The number of nitrogens with two attached hydrogens (primary N) is 1. The smallest absolute Gasteiger partial charge is 0.243 e. The second kappa shape index (κ2) is 12.3. The Labute approximate surface area is 209 Å². The van der Waals surface area contributed by atoms with Gasteiger partial charge in [-0.1, -0.05) is 60.7 Å². The van der Waals surface area contributed by atoms with Crippen molar-refractivity contribution in [2.75, 3.05) is 13.1 Å². The first-order valence-corrected chi connectivity index (χ1v) is 13.1. The van der Waals surface area contributed by atoms with Crippen LogP contribution in [0.5, 0.6) is 0 Å². The van der Waals surface area contributed by atoms with Gasteiger partial charge in [-0.25, -0.2) is 0 Å². The van der Waals surface area contributed by atoms with Crippen molar-refractivity contribution >= 4 is 11.8 Å². The van der Waals surface area contributed by atoms with Gasteiger partial charge in [-0.2, -0.15) is 0 Å². The van der Waals surface area contributed by atoms with Gasteiger partial charge >= 0.3 is 0 Å². The van der Waals surface area contributed by atoms with E-state index in [1.807, 2.05) is 12.1 Å². The van der Waals surface area contributed by atoms with Crippen molar-refractivity contribution in [1.82, 2.24) is 15.1 Å². The number of nitrogens with zero attached hydrogens (tertiary/aromatic N) is 2. The molecule has 2 atom stereocenters. The molecule has 35 heavy (non-hydrogen) atoms. The van der Waals surface area contributed by atoms with Gasteiger partial charge in [0.1, 0.15) is 6.04 Å². The van der Waals surface area contributed by atoms with E-state index in [0.717, 1.165) is 51.6 Å². The fourth-order valence-electron chi connectivity index (χ4n) is 5.59. The fraction of sp³-hybridized carbons (Fsp3) is 0.517. The van der Waals surface area contributed by atoms with Crippen LogP contribution in [0.1, 0.15) is 56.6 Å². The molecule has 0 aromatic heterocycles. The number of hydrogen-bond donors (Lipinski definition) is 2. The lowest BCUT2D eigenvalue weighted by atomic mass is 9.90. The number of rotatable bonds is 8. The number of nitrogens with one attached hydrogen (secondary N) is 1. The normalized spacial score (nSPS) is 24.8. The van der Waals surface area contributed by atoms with E-state index in [1.165, 1.54) is 11.1 Å². The lowest BCUT2D eigenvalue weighted by Gasteiger charge is -2.43. The molecule has 1 saturated carbocycles. The third-order valence-electron chi connectivity index (χ3n) is 7.68. The number of amides is 2. The molecular formula is C29H40N4O2. The maximum absolute atomic E-state index is 13.4. The summed E-state index contributed by atoms with van der Waals surface area (Å²) in [6.07, 6.45) is 6.22. The van der Waals surface area contributed by atoms with Crippen LogP contribution in [-0.4, -0.2) is 58.9 Å². The van der Waals surface area contributed by atoms with Gasteiger partial charge in [0.05, 0.1) is 0 Å². The molecule has 1 heterocycles. The molecule has 188 valence electrons. The molecule has 1 unspecified atom stereocenters. The summed E-state index contributed by atoms with van der Waals surface area (Å²) in [4.78, 5) is 30.1. The highest BCUT2D eigenvalue weighted by Crippen LogP contribution is 2.26. The van der Waals surface area contributed by atoms with Crippen molar-refractivity contribution in [3.05, 3.63) is 71.8 Å². The molecule has 1 aliphatic heterocycles. The number of carbonyl (C=O) groups is 2. The lowest BCUT2D eigenvalue weighted by molar-refractivity contribution is -0.142. The Bertz CT molecular complexity index is 944. The van der Waals surface area contributed by atoms with E-state index in [4.69, 9.17) is 5.73 Å². The van der Waals surface area contributed by atoms with Gasteiger partial charge in [0.25, 0.3) is 0 Å². The monoisotopic (exact) mass is 476 g/mol. The van der Waals surface area contributed by atoms with Crippen LogP contribution in [-0.2, 0) is 22.6 Å². The maximum Gasteiger partial charge on any atom is 0.243 e. The fourth-order valence-corrected chi connectivity index (χ4v) is 5.59. The molecule has 6 heteroatoms. The van der Waals surface area contributed by atoms with Gasteiger partial charge in [-0.3, -0.25) is 14.5 Å². The van der Waals surface area contributed by atoms with Crippen molar-refractivity contribution in [2.45, 2.75) is 82.6 Å². The summed E-state index contributed by atoms with van der Waals surface area (Å²) in [5.41, 5.74) is 8.64. The highest BCUT2D eigenvalue weighted by atomic mass is 16.2. The number of likely N-dealkylation sites (tertiary alicyclic amines) is 1. The summed E-state index contributed by atoms with van der Waals surface area (Å²) in [5, 5.41) is 3.25. The van der Waals surface area contributed by atoms with Crippen molar-refractivity contribution in [1.29, 1.82) is 0 Å². The van der Waals surface area contributed by atoms with Gasteiger partial charge in [-0.05, 0) is 56.1 Å². The largest absolute Gasteiger partial charge is 0.352 e. The predicted octanol–water partition coefficient (Wildman–Crippen LogP) is 3.50. The molecule has 0 bridgehead atoms. The van der Waals surface area contributed by atoms with E-state index in [1.54, 1.807) is 11.8 Å². The Morgan fingerprint density at radius 3 is 2.20 bits per heavy atom. The van der Waals surface area contributed by atoms with Crippen LogP contribution in [0.3, 0.4) is 0 Å². The molecule has 1 aliphatic carbocycles. The SMILES string of the molecule is CC(=O)N1CCC(N(CCc2ccccc2)Cc2ccccc2)C[C@@H]1C(=O)NC1CCC(N)CC1. The van der Waals surface area contributed by atoms with E-state index < -0.39 is 6.04 Å². The molecule has 2 fully saturated rings. The molecule has 0 spiro atoms. The summed E-state index contributed by atoms with van der Waals surface area (Å²) in [6.45, 7) is 3.95. The van der Waals surface area contributed by atoms with Crippen molar-refractivity contribution in [2.24, 2.45) is 5.73 Å². The minimum absolute atomic E-state index is 0.00640. The summed E-state index contributed by atoms with van der Waals surface area (Å²) in [7, 11) is 0. The van der Waals surface area contributed by atoms with Crippen LogP contribution in [0.4, 0.5) is 0 Å². The van der Waals surface area contributed by atoms with Gasteiger partial charge < -0.3 is 16.0 Å². The van der Waals surface area contributed by atoms with Gasteiger partial charge in [-0.15, -0.1) is 0 Å². The van der Waals surface area contributed by atoms with Crippen LogP contribution in [0, 0.1) is 0 Å².